The number of anilines is 1. The number of rotatable bonds is 7. The van der Waals surface area contributed by atoms with Crippen molar-refractivity contribution >= 4 is 23.4 Å². The molecule has 3 rings (SSSR count). The number of amides is 3. The quantitative estimate of drug-likeness (QED) is 0.449. The molecule has 9 heteroatoms. The number of carbonyl (C=O) groups excluding carboxylic acids is 3. The number of benzene rings is 1. The van der Waals surface area contributed by atoms with E-state index < -0.39 is 0 Å². The zero-order valence-corrected chi connectivity index (χ0v) is 15.2. The molecule has 1 aromatic carbocycles. The van der Waals surface area contributed by atoms with Crippen molar-refractivity contribution in [3.63, 3.8) is 0 Å². The number of furan rings is 1. The van der Waals surface area contributed by atoms with Crippen LogP contribution < -0.4 is 21.5 Å². The fourth-order valence-electron chi connectivity index (χ4n) is 2.41. The van der Waals surface area contributed by atoms with E-state index in [2.05, 4.69) is 20.9 Å². The molecule has 29 heavy (non-hydrogen) atoms. The van der Waals surface area contributed by atoms with E-state index in [0.29, 0.717) is 16.8 Å². The van der Waals surface area contributed by atoms with Gasteiger partial charge in [0.15, 0.2) is 5.76 Å². The lowest BCUT2D eigenvalue weighted by Gasteiger charge is -2.08. The van der Waals surface area contributed by atoms with Crippen LogP contribution in [0.15, 0.2) is 70.2 Å². The topological polar surface area (TPSA) is 133 Å². The summed E-state index contributed by atoms with van der Waals surface area (Å²) in [6.07, 6.45) is 2.73. The highest BCUT2D eigenvalue weighted by Gasteiger charge is 2.10. The van der Waals surface area contributed by atoms with E-state index in [1.165, 1.54) is 24.6 Å². The maximum atomic E-state index is 12.1. The number of nitrogens with one attached hydrogen (secondary N) is 4. The summed E-state index contributed by atoms with van der Waals surface area (Å²) >= 11 is 0. The summed E-state index contributed by atoms with van der Waals surface area (Å²) in [7, 11) is 0. The van der Waals surface area contributed by atoms with E-state index in [1.807, 2.05) is 0 Å². The largest absolute Gasteiger partial charge is 0.459 e. The Kier molecular flexibility index (Phi) is 6.21. The average Bonchev–Trinajstić information content (AvgIpc) is 3.27. The summed E-state index contributed by atoms with van der Waals surface area (Å²) in [4.78, 5) is 49.4. The maximum absolute atomic E-state index is 12.1. The molecular formula is C20H18N4O5. The first kappa shape index (κ1) is 19.6. The van der Waals surface area contributed by atoms with Crippen LogP contribution in [0.4, 0.5) is 5.69 Å². The summed E-state index contributed by atoms with van der Waals surface area (Å²) in [6, 6.07) is 12.2. The fraction of sp³-hybridized carbons (Fsp3) is 0.100. The van der Waals surface area contributed by atoms with Gasteiger partial charge in [-0.1, -0.05) is 0 Å². The second-order valence-corrected chi connectivity index (χ2v) is 5.96. The highest BCUT2D eigenvalue weighted by molar-refractivity contribution is 6.04. The predicted octanol–water partition coefficient (Wildman–Crippen LogP) is 1.38. The van der Waals surface area contributed by atoms with Gasteiger partial charge in [0, 0.05) is 36.6 Å². The molecule has 0 fully saturated rings. The highest BCUT2D eigenvalue weighted by atomic mass is 16.3. The van der Waals surface area contributed by atoms with Crippen LogP contribution >= 0.6 is 0 Å². The van der Waals surface area contributed by atoms with E-state index in [-0.39, 0.29) is 42.1 Å². The third-order valence-electron chi connectivity index (χ3n) is 3.89. The van der Waals surface area contributed by atoms with Gasteiger partial charge in [0.25, 0.3) is 17.7 Å². The van der Waals surface area contributed by atoms with Gasteiger partial charge in [-0.3, -0.25) is 19.2 Å². The van der Waals surface area contributed by atoms with Crippen LogP contribution in [0.3, 0.4) is 0 Å². The number of aromatic nitrogens is 1. The molecule has 0 bridgehead atoms. The van der Waals surface area contributed by atoms with Gasteiger partial charge in [0.2, 0.25) is 5.56 Å². The Bertz CT molecular complexity index is 1030. The van der Waals surface area contributed by atoms with Crippen LogP contribution in [0.5, 0.6) is 0 Å². The molecule has 0 unspecified atom stereocenters. The molecule has 0 saturated heterocycles. The Balaban J connectivity index is 1.45. The van der Waals surface area contributed by atoms with Crippen molar-refractivity contribution in [2.45, 2.75) is 0 Å². The van der Waals surface area contributed by atoms with Gasteiger partial charge in [-0.15, -0.1) is 0 Å². The van der Waals surface area contributed by atoms with E-state index >= 15 is 0 Å². The van der Waals surface area contributed by atoms with Crippen LogP contribution in [0.2, 0.25) is 0 Å². The molecule has 0 aliphatic heterocycles. The van der Waals surface area contributed by atoms with Gasteiger partial charge in [-0.05, 0) is 42.5 Å². The zero-order chi connectivity index (χ0) is 20.6. The fourth-order valence-corrected chi connectivity index (χ4v) is 2.41. The second-order valence-electron chi connectivity index (χ2n) is 5.96. The standard InChI is InChI=1S/C20H18N4O5/c25-17-8-5-14(12-23-17)19(27)24-15-6-3-13(4-7-15)18(26)21-9-10-22-20(28)16-2-1-11-29-16/h1-8,11-12H,9-10H2,(H,21,26)(H,22,28)(H,23,25)(H,24,27). The lowest BCUT2D eigenvalue weighted by atomic mass is 10.2. The Hall–Kier alpha value is -4.14. The highest BCUT2D eigenvalue weighted by Crippen LogP contribution is 2.11. The summed E-state index contributed by atoms with van der Waals surface area (Å²) in [5.41, 5.74) is 0.924. The second kappa shape index (κ2) is 9.18. The van der Waals surface area contributed by atoms with Crippen LogP contribution in [0, 0.1) is 0 Å². The summed E-state index contributed by atoms with van der Waals surface area (Å²) in [6.45, 7) is 0.495. The molecular weight excluding hydrogens is 376 g/mol. The number of hydrogen-bond donors (Lipinski definition) is 4. The van der Waals surface area contributed by atoms with Crippen molar-refractivity contribution in [1.82, 2.24) is 15.6 Å². The van der Waals surface area contributed by atoms with Gasteiger partial charge in [-0.2, -0.15) is 0 Å². The van der Waals surface area contributed by atoms with Crippen molar-refractivity contribution in [1.29, 1.82) is 0 Å². The number of carbonyl (C=O) groups is 3. The molecule has 0 atom stereocenters. The number of pyridine rings is 1. The normalized spacial score (nSPS) is 10.2. The van der Waals surface area contributed by atoms with Crippen LogP contribution in [0.1, 0.15) is 31.3 Å². The first-order chi connectivity index (χ1) is 14.0. The lowest BCUT2D eigenvalue weighted by molar-refractivity contribution is 0.0910. The van der Waals surface area contributed by atoms with Gasteiger partial charge >= 0.3 is 0 Å². The Labute approximate surface area is 165 Å². The molecule has 2 aromatic heterocycles. The first-order valence-electron chi connectivity index (χ1n) is 8.73. The molecule has 0 aliphatic rings. The molecule has 148 valence electrons. The molecule has 9 nitrogen and oxygen atoms in total. The third kappa shape index (κ3) is 5.42. The number of hydrogen-bond acceptors (Lipinski definition) is 5. The molecule has 4 N–H and O–H groups in total. The molecule has 3 amide bonds. The summed E-state index contributed by atoms with van der Waals surface area (Å²) < 4.78 is 4.97. The number of H-pyrrole nitrogens is 1. The monoisotopic (exact) mass is 394 g/mol. The molecule has 0 saturated carbocycles. The summed E-state index contributed by atoms with van der Waals surface area (Å²) in [5, 5.41) is 7.98. The molecule has 0 radical (unpaired) electrons. The predicted molar refractivity (Wildman–Crippen MR) is 105 cm³/mol. The zero-order valence-electron chi connectivity index (χ0n) is 15.2. The maximum Gasteiger partial charge on any atom is 0.287 e. The van der Waals surface area contributed by atoms with Crippen molar-refractivity contribution in [3.8, 4) is 0 Å². The van der Waals surface area contributed by atoms with Crippen molar-refractivity contribution in [2.75, 3.05) is 18.4 Å². The van der Waals surface area contributed by atoms with Gasteiger partial charge in [-0.25, -0.2) is 0 Å². The minimum atomic E-state index is -0.384. The van der Waals surface area contributed by atoms with Gasteiger partial charge in [0.1, 0.15) is 0 Å². The first-order valence-corrected chi connectivity index (χ1v) is 8.73. The van der Waals surface area contributed by atoms with E-state index in [1.54, 1.807) is 36.4 Å². The van der Waals surface area contributed by atoms with Gasteiger partial charge in [0.05, 0.1) is 11.8 Å². The van der Waals surface area contributed by atoms with E-state index in [0.717, 1.165) is 0 Å². The molecule has 0 aliphatic carbocycles. The Morgan fingerprint density at radius 1 is 0.828 bits per heavy atom. The van der Waals surface area contributed by atoms with Crippen LogP contribution in [0.25, 0.3) is 0 Å². The Morgan fingerprint density at radius 3 is 2.14 bits per heavy atom. The Morgan fingerprint density at radius 2 is 1.52 bits per heavy atom. The SMILES string of the molecule is O=C(NCCNC(=O)c1ccco1)c1ccc(NC(=O)c2ccc(=O)[nH]c2)cc1. The molecule has 2 heterocycles. The van der Waals surface area contributed by atoms with Crippen LogP contribution in [-0.2, 0) is 0 Å². The van der Waals surface area contributed by atoms with Crippen molar-refractivity contribution in [3.05, 3.63) is 88.2 Å². The number of aromatic amines is 1. The van der Waals surface area contributed by atoms with E-state index in [9.17, 15) is 19.2 Å². The summed E-state index contributed by atoms with van der Waals surface area (Å²) in [5.74, 6) is -0.843. The molecule has 3 aromatic rings. The molecule has 0 spiro atoms. The minimum Gasteiger partial charge on any atom is -0.459 e. The van der Waals surface area contributed by atoms with E-state index in [4.69, 9.17) is 4.42 Å². The lowest BCUT2D eigenvalue weighted by Crippen LogP contribution is -2.34. The van der Waals surface area contributed by atoms with Crippen molar-refractivity contribution in [2.24, 2.45) is 0 Å². The minimum absolute atomic E-state index is 0.204. The van der Waals surface area contributed by atoms with Crippen LogP contribution in [-0.4, -0.2) is 35.8 Å². The van der Waals surface area contributed by atoms with Gasteiger partial charge < -0.3 is 25.4 Å². The smallest absolute Gasteiger partial charge is 0.287 e. The average molecular weight is 394 g/mol. The third-order valence-corrected chi connectivity index (χ3v) is 3.89. The van der Waals surface area contributed by atoms with Crippen molar-refractivity contribution < 1.29 is 18.8 Å².